The summed E-state index contributed by atoms with van der Waals surface area (Å²) in [5.41, 5.74) is 7.45. The lowest BCUT2D eigenvalue weighted by Crippen LogP contribution is -2.17. The molecule has 0 aliphatic carbocycles. The maximum absolute atomic E-state index is 13.0. The van der Waals surface area contributed by atoms with Crippen molar-refractivity contribution in [3.63, 3.8) is 0 Å². The molecule has 2 rings (SSSR count). The van der Waals surface area contributed by atoms with E-state index in [0.717, 1.165) is 0 Å². The number of hydrogen-bond acceptors (Lipinski definition) is 3. The van der Waals surface area contributed by atoms with Gasteiger partial charge >= 0.3 is 0 Å². The van der Waals surface area contributed by atoms with E-state index >= 15 is 0 Å². The van der Waals surface area contributed by atoms with Gasteiger partial charge in [0.2, 0.25) is 0 Å². The molecule has 0 saturated heterocycles. The second-order valence-electron chi connectivity index (χ2n) is 3.87. The molecule has 4 nitrogen and oxygen atoms in total. The highest BCUT2D eigenvalue weighted by Gasteiger charge is 2.21. The summed E-state index contributed by atoms with van der Waals surface area (Å²) in [6.45, 7) is 0. The highest BCUT2D eigenvalue weighted by Crippen LogP contribution is 2.31. The van der Waals surface area contributed by atoms with Crippen LogP contribution in [0, 0.1) is 5.82 Å². The van der Waals surface area contributed by atoms with Gasteiger partial charge in [0.15, 0.2) is 5.75 Å². The molecule has 1 atom stereocenters. The molecule has 6 heteroatoms. The van der Waals surface area contributed by atoms with E-state index < -0.39 is 11.9 Å². The molecule has 18 heavy (non-hydrogen) atoms. The van der Waals surface area contributed by atoms with Crippen molar-refractivity contribution in [3.8, 4) is 5.75 Å². The second kappa shape index (κ2) is 4.96. The smallest absolute Gasteiger partial charge is 0.161 e. The Morgan fingerprint density at radius 3 is 2.83 bits per heavy atom. The van der Waals surface area contributed by atoms with Crippen LogP contribution in [0.1, 0.15) is 17.3 Å². The SMILES string of the molecule is COc1cnn(C)c1C(N)c1ccc(F)cc1Cl. The average Bonchev–Trinajstić information content (AvgIpc) is 2.69. The molecule has 0 radical (unpaired) electrons. The van der Waals surface area contributed by atoms with Gasteiger partial charge in [0.25, 0.3) is 0 Å². The zero-order valence-electron chi connectivity index (χ0n) is 10.0. The maximum Gasteiger partial charge on any atom is 0.161 e. The van der Waals surface area contributed by atoms with E-state index in [1.165, 1.54) is 12.1 Å². The van der Waals surface area contributed by atoms with Crippen molar-refractivity contribution in [1.29, 1.82) is 0 Å². The van der Waals surface area contributed by atoms with Crippen molar-refractivity contribution in [1.82, 2.24) is 9.78 Å². The van der Waals surface area contributed by atoms with Crippen molar-refractivity contribution >= 4 is 11.6 Å². The summed E-state index contributed by atoms with van der Waals surface area (Å²) in [6, 6.07) is 3.60. The summed E-state index contributed by atoms with van der Waals surface area (Å²) in [5.74, 6) is 0.179. The number of aromatic nitrogens is 2. The van der Waals surface area contributed by atoms with Gasteiger partial charge in [-0.25, -0.2) is 4.39 Å². The van der Waals surface area contributed by atoms with Crippen molar-refractivity contribution in [2.24, 2.45) is 12.8 Å². The Hall–Kier alpha value is -1.59. The van der Waals surface area contributed by atoms with Crippen LogP contribution < -0.4 is 10.5 Å². The summed E-state index contributed by atoms with van der Waals surface area (Å²) >= 11 is 6.00. The van der Waals surface area contributed by atoms with E-state index in [4.69, 9.17) is 22.1 Å². The van der Waals surface area contributed by atoms with Crippen LogP contribution in [-0.2, 0) is 7.05 Å². The Morgan fingerprint density at radius 2 is 2.22 bits per heavy atom. The highest BCUT2D eigenvalue weighted by molar-refractivity contribution is 6.31. The van der Waals surface area contributed by atoms with Crippen LogP contribution in [0.4, 0.5) is 4.39 Å². The number of nitrogens with two attached hydrogens (primary N) is 1. The van der Waals surface area contributed by atoms with Gasteiger partial charge < -0.3 is 10.5 Å². The second-order valence-corrected chi connectivity index (χ2v) is 4.27. The lowest BCUT2D eigenvalue weighted by molar-refractivity contribution is 0.406. The van der Waals surface area contributed by atoms with Gasteiger partial charge in [0.1, 0.15) is 11.5 Å². The normalized spacial score (nSPS) is 12.5. The van der Waals surface area contributed by atoms with E-state index in [0.29, 0.717) is 17.0 Å². The monoisotopic (exact) mass is 269 g/mol. The molecule has 1 unspecified atom stereocenters. The molecular weight excluding hydrogens is 257 g/mol. The number of hydrogen-bond donors (Lipinski definition) is 1. The molecule has 0 fully saturated rings. The minimum absolute atomic E-state index is 0.283. The number of nitrogens with zero attached hydrogens (tertiary/aromatic N) is 2. The molecule has 2 aromatic rings. The third-order valence-electron chi connectivity index (χ3n) is 2.76. The van der Waals surface area contributed by atoms with Gasteiger partial charge in [-0.15, -0.1) is 0 Å². The Labute approximate surface area is 109 Å². The fourth-order valence-corrected chi connectivity index (χ4v) is 2.12. The first kappa shape index (κ1) is 12.9. The quantitative estimate of drug-likeness (QED) is 0.930. The Morgan fingerprint density at radius 1 is 1.50 bits per heavy atom. The van der Waals surface area contributed by atoms with Crippen LogP contribution in [0.25, 0.3) is 0 Å². The lowest BCUT2D eigenvalue weighted by Gasteiger charge is -2.15. The van der Waals surface area contributed by atoms with Gasteiger partial charge in [-0.2, -0.15) is 5.10 Å². The van der Waals surface area contributed by atoms with Crippen molar-refractivity contribution in [2.45, 2.75) is 6.04 Å². The van der Waals surface area contributed by atoms with Crippen molar-refractivity contribution < 1.29 is 9.13 Å². The minimum atomic E-state index is -0.527. The molecule has 0 amide bonds. The minimum Gasteiger partial charge on any atom is -0.493 e. The van der Waals surface area contributed by atoms with E-state index in [1.807, 2.05) is 0 Å². The largest absolute Gasteiger partial charge is 0.493 e. The summed E-state index contributed by atoms with van der Waals surface area (Å²) in [7, 11) is 3.30. The van der Waals surface area contributed by atoms with Crippen LogP contribution in [0.3, 0.4) is 0 Å². The zero-order valence-corrected chi connectivity index (χ0v) is 10.8. The summed E-state index contributed by atoms with van der Waals surface area (Å²) in [4.78, 5) is 0. The molecule has 96 valence electrons. The lowest BCUT2D eigenvalue weighted by atomic mass is 10.0. The molecule has 1 heterocycles. The third kappa shape index (κ3) is 2.19. The van der Waals surface area contributed by atoms with Crippen molar-refractivity contribution in [2.75, 3.05) is 7.11 Å². The van der Waals surface area contributed by atoms with Gasteiger partial charge in [0, 0.05) is 12.1 Å². The van der Waals surface area contributed by atoms with Crippen LogP contribution in [0.2, 0.25) is 5.02 Å². The molecule has 2 N–H and O–H groups in total. The molecule has 1 aromatic heterocycles. The van der Waals surface area contributed by atoms with Crippen LogP contribution in [0.15, 0.2) is 24.4 Å². The van der Waals surface area contributed by atoms with E-state index in [9.17, 15) is 4.39 Å². The van der Waals surface area contributed by atoms with Gasteiger partial charge in [-0.05, 0) is 17.7 Å². The predicted octanol–water partition coefficient (Wildman–Crippen LogP) is 2.27. The molecule has 0 saturated carbocycles. The predicted molar refractivity (Wildman–Crippen MR) is 67.2 cm³/mol. The standard InChI is InChI=1S/C12H13ClFN3O/c1-17-12(10(18-2)6-16-17)11(15)8-4-3-7(14)5-9(8)13/h3-6,11H,15H2,1-2H3. The van der Waals surface area contributed by atoms with Crippen molar-refractivity contribution in [3.05, 3.63) is 46.5 Å². The molecule has 0 aliphatic heterocycles. The first-order chi connectivity index (χ1) is 8.54. The summed E-state index contributed by atoms with van der Waals surface area (Å²) < 4.78 is 19.8. The summed E-state index contributed by atoms with van der Waals surface area (Å²) in [5, 5.41) is 4.36. The number of aryl methyl sites for hydroxylation is 1. The topological polar surface area (TPSA) is 53.1 Å². The Balaban J connectivity index is 2.47. The number of benzene rings is 1. The fourth-order valence-electron chi connectivity index (χ4n) is 1.84. The first-order valence-electron chi connectivity index (χ1n) is 5.31. The Kier molecular flexibility index (Phi) is 3.54. The van der Waals surface area contributed by atoms with Crippen LogP contribution in [-0.4, -0.2) is 16.9 Å². The summed E-state index contributed by atoms with van der Waals surface area (Å²) in [6.07, 6.45) is 1.58. The van der Waals surface area contributed by atoms with Crippen LogP contribution in [0.5, 0.6) is 5.75 Å². The highest BCUT2D eigenvalue weighted by atomic mass is 35.5. The molecule has 1 aromatic carbocycles. The zero-order chi connectivity index (χ0) is 13.3. The third-order valence-corrected chi connectivity index (χ3v) is 3.09. The van der Waals surface area contributed by atoms with Gasteiger partial charge in [-0.1, -0.05) is 17.7 Å². The molecule has 0 bridgehead atoms. The van der Waals surface area contributed by atoms with Gasteiger partial charge in [0.05, 0.1) is 19.3 Å². The number of methoxy groups -OCH3 is 1. The van der Waals surface area contributed by atoms with E-state index in [2.05, 4.69) is 5.10 Å². The maximum atomic E-state index is 13.0. The Bertz CT molecular complexity index is 570. The number of halogens is 2. The first-order valence-corrected chi connectivity index (χ1v) is 5.68. The molecule has 0 aliphatic rings. The molecular formula is C12H13ClFN3O. The van der Waals surface area contributed by atoms with E-state index in [-0.39, 0.29) is 5.02 Å². The average molecular weight is 270 g/mol. The van der Waals surface area contributed by atoms with E-state index in [1.54, 1.807) is 31.1 Å². The van der Waals surface area contributed by atoms with Gasteiger partial charge in [-0.3, -0.25) is 4.68 Å². The number of rotatable bonds is 3. The van der Waals surface area contributed by atoms with Crippen LogP contribution >= 0.6 is 11.6 Å². The fraction of sp³-hybridized carbons (Fsp3) is 0.250. The molecule has 0 spiro atoms. The number of ether oxygens (including phenoxy) is 1.